The van der Waals surface area contributed by atoms with E-state index in [1.165, 1.54) is 27.8 Å². The first-order valence-electron chi connectivity index (χ1n) is 20.2. The highest BCUT2D eigenvalue weighted by atomic mass is 16.5. The summed E-state index contributed by atoms with van der Waals surface area (Å²) >= 11 is 0. The molecule has 4 heteroatoms. The normalized spacial score (nSPS) is 13.6. The Bertz CT molecular complexity index is 2050. The summed E-state index contributed by atoms with van der Waals surface area (Å²) in [5.41, 5.74) is 6.74. The van der Waals surface area contributed by atoms with E-state index in [4.69, 9.17) is 18.9 Å². The standard InChI is InChI=1S/C52H66O4/c1-36(2)34-53-44-26-20-40(21-27-44)52(14,39-18-16-15-17-19-39)41-22-28-45(29-23-41)55-51(12,13)49(8,9)35-54-46-30-24-42(32-37(46)3)50(10,11)43-25-31-47(38(4)33-43)56-48(5,6)7/h15-33,36H,34-35H2,1-14H3. The Morgan fingerprint density at radius 1 is 0.482 bits per heavy atom. The van der Waals surface area contributed by atoms with E-state index < -0.39 is 5.60 Å². The predicted octanol–water partition coefficient (Wildman–Crippen LogP) is 13.5. The average molecular weight is 755 g/mol. The minimum Gasteiger partial charge on any atom is -0.493 e. The quantitative estimate of drug-likeness (QED) is 0.0998. The van der Waals surface area contributed by atoms with E-state index in [9.17, 15) is 0 Å². The first kappa shape index (κ1) is 42.4. The summed E-state index contributed by atoms with van der Waals surface area (Å²) in [5, 5.41) is 0. The first-order chi connectivity index (χ1) is 26.1. The fourth-order valence-corrected chi connectivity index (χ4v) is 6.99. The van der Waals surface area contributed by atoms with E-state index in [1.807, 2.05) is 0 Å². The van der Waals surface area contributed by atoms with Crippen LogP contribution in [0.2, 0.25) is 0 Å². The molecule has 5 aromatic carbocycles. The Labute approximate surface area is 338 Å². The lowest BCUT2D eigenvalue weighted by molar-refractivity contribution is -0.0365. The Hall–Kier alpha value is -4.70. The second-order valence-corrected chi connectivity index (χ2v) is 18.8. The van der Waals surface area contributed by atoms with Gasteiger partial charge in [-0.05, 0) is 137 Å². The van der Waals surface area contributed by atoms with Crippen LogP contribution in [0.25, 0.3) is 0 Å². The molecule has 0 fully saturated rings. The molecule has 0 aliphatic rings. The van der Waals surface area contributed by atoms with Crippen molar-refractivity contribution in [3.8, 4) is 23.0 Å². The Morgan fingerprint density at radius 2 is 0.946 bits per heavy atom. The number of hydrogen-bond donors (Lipinski definition) is 0. The third-order valence-corrected chi connectivity index (χ3v) is 11.6. The minimum absolute atomic E-state index is 0.190. The van der Waals surface area contributed by atoms with Gasteiger partial charge >= 0.3 is 0 Å². The van der Waals surface area contributed by atoms with Crippen LogP contribution >= 0.6 is 0 Å². The van der Waals surface area contributed by atoms with Crippen molar-refractivity contribution < 1.29 is 18.9 Å². The SMILES string of the molecule is Cc1cc(C(C)(C)c2ccc(OC(C)(C)C)c(C)c2)ccc1OCC(C)(C)C(C)(C)Oc1ccc(C(C)(c2ccccc2)c2ccc(OCC(C)C)cc2)cc1. The monoisotopic (exact) mass is 754 g/mol. The van der Waals surface area contributed by atoms with Crippen LogP contribution in [0.15, 0.2) is 115 Å². The molecule has 0 N–H and O–H groups in total. The summed E-state index contributed by atoms with van der Waals surface area (Å²) in [7, 11) is 0. The summed E-state index contributed by atoms with van der Waals surface area (Å²) in [6.45, 7) is 31.6. The van der Waals surface area contributed by atoms with E-state index in [0.29, 0.717) is 19.1 Å². The number of ether oxygens (including phenoxy) is 4. The fraction of sp³-hybridized carbons (Fsp3) is 0.423. The lowest BCUT2D eigenvalue weighted by atomic mass is 9.71. The van der Waals surface area contributed by atoms with Gasteiger partial charge in [-0.15, -0.1) is 0 Å². The molecule has 0 saturated heterocycles. The van der Waals surface area contributed by atoms with Crippen molar-refractivity contribution in [1.82, 2.24) is 0 Å². The van der Waals surface area contributed by atoms with Crippen molar-refractivity contribution >= 4 is 0 Å². The molecule has 5 aromatic rings. The van der Waals surface area contributed by atoms with Crippen molar-refractivity contribution in [2.45, 2.75) is 119 Å². The van der Waals surface area contributed by atoms with Gasteiger partial charge in [-0.1, -0.05) is 120 Å². The van der Waals surface area contributed by atoms with Crippen LogP contribution in [0.3, 0.4) is 0 Å². The van der Waals surface area contributed by atoms with Crippen LogP contribution in [0, 0.1) is 25.2 Å². The van der Waals surface area contributed by atoms with Gasteiger partial charge in [0, 0.05) is 16.2 Å². The van der Waals surface area contributed by atoms with Gasteiger partial charge in [0.05, 0.1) is 13.2 Å². The van der Waals surface area contributed by atoms with E-state index in [2.05, 4.69) is 212 Å². The van der Waals surface area contributed by atoms with Crippen LogP contribution in [0.4, 0.5) is 0 Å². The van der Waals surface area contributed by atoms with Gasteiger partial charge in [-0.2, -0.15) is 0 Å². The van der Waals surface area contributed by atoms with E-state index in [1.54, 1.807) is 0 Å². The second kappa shape index (κ2) is 16.4. The van der Waals surface area contributed by atoms with Crippen molar-refractivity contribution in [2.75, 3.05) is 13.2 Å². The largest absolute Gasteiger partial charge is 0.493 e. The minimum atomic E-state index is -0.528. The maximum atomic E-state index is 6.78. The molecule has 1 unspecified atom stereocenters. The van der Waals surface area contributed by atoms with Gasteiger partial charge in [0.1, 0.15) is 34.2 Å². The van der Waals surface area contributed by atoms with E-state index >= 15 is 0 Å². The second-order valence-electron chi connectivity index (χ2n) is 18.8. The summed E-state index contributed by atoms with van der Waals surface area (Å²) in [4.78, 5) is 0. The zero-order chi connectivity index (χ0) is 41.1. The smallest absolute Gasteiger partial charge is 0.123 e. The number of aryl methyl sites for hydroxylation is 2. The molecular formula is C52H66O4. The molecular weight excluding hydrogens is 689 g/mol. The third-order valence-electron chi connectivity index (χ3n) is 11.6. The number of hydrogen-bond acceptors (Lipinski definition) is 4. The fourth-order valence-electron chi connectivity index (χ4n) is 6.99. The Kier molecular flexibility index (Phi) is 12.4. The van der Waals surface area contributed by atoms with E-state index in [0.717, 1.165) is 34.1 Å². The number of benzene rings is 5. The van der Waals surface area contributed by atoms with E-state index in [-0.39, 0.29) is 21.8 Å². The predicted molar refractivity (Wildman–Crippen MR) is 234 cm³/mol. The molecule has 0 spiro atoms. The van der Waals surface area contributed by atoms with Gasteiger partial charge in [-0.3, -0.25) is 0 Å². The lowest BCUT2D eigenvalue weighted by Crippen LogP contribution is -2.47. The maximum absolute atomic E-state index is 6.78. The molecule has 0 heterocycles. The molecule has 0 amide bonds. The molecule has 0 radical (unpaired) electrons. The van der Waals surface area contributed by atoms with Crippen LogP contribution in [0.5, 0.6) is 23.0 Å². The maximum Gasteiger partial charge on any atom is 0.123 e. The summed E-state index contributed by atoms with van der Waals surface area (Å²) in [6.07, 6.45) is 0. The first-order valence-corrected chi connectivity index (χ1v) is 20.2. The van der Waals surface area contributed by atoms with Crippen LogP contribution in [0.1, 0.15) is 122 Å². The topological polar surface area (TPSA) is 36.9 Å². The highest BCUT2D eigenvalue weighted by molar-refractivity contribution is 5.52. The van der Waals surface area contributed by atoms with Gasteiger partial charge < -0.3 is 18.9 Å². The Balaban J connectivity index is 1.29. The summed E-state index contributed by atoms with van der Waals surface area (Å²) < 4.78 is 25.5. The summed E-state index contributed by atoms with van der Waals surface area (Å²) in [5.74, 6) is 4.02. The average Bonchev–Trinajstić information content (AvgIpc) is 3.14. The van der Waals surface area contributed by atoms with Crippen molar-refractivity contribution in [3.63, 3.8) is 0 Å². The van der Waals surface area contributed by atoms with Gasteiger partial charge in [-0.25, -0.2) is 0 Å². The highest BCUT2D eigenvalue weighted by Crippen LogP contribution is 2.42. The van der Waals surface area contributed by atoms with Crippen LogP contribution in [-0.4, -0.2) is 24.4 Å². The highest BCUT2D eigenvalue weighted by Gasteiger charge is 2.40. The summed E-state index contributed by atoms with van der Waals surface area (Å²) in [6, 6.07) is 41.0. The zero-order valence-corrected chi connectivity index (χ0v) is 36.6. The van der Waals surface area contributed by atoms with Crippen molar-refractivity contribution in [2.24, 2.45) is 11.3 Å². The molecule has 1 atom stereocenters. The van der Waals surface area contributed by atoms with Gasteiger partial charge in [0.15, 0.2) is 0 Å². The van der Waals surface area contributed by atoms with Gasteiger partial charge in [0.2, 0.25) is 0 Å². The molecule has 298 valence electrons. The molecule has 5 rings (SSSR count). The zero-order valence-electron chi connectivity index (χ0n) is 36.6. The molecule has 0 aliphatic heterocycles. The molecule has 0 saturated carbocycles. The molecule has 0 aliphatic carbocycles. The Morgan fingerprint density at radius 3 is 1.43 bits per heavy atom. The third kappa shape index (κ3) is 9.63. The number of rotatable bonds is 15. The molecule has 56 heavy (non-hydrogen) atoms. The molecule has 0 bridgehead atoms. The van der Waals surface area contributed by atoms with Crippen molar-refractivity contribution in [3.05, 3.63) is 154 Å². The lowest BCUT2D eigenvalue weighted by Gasteiger charge is -2.41. The molecule has 4 nitrogen and oxygen atoms in total. The van der Waals surface area contributed by atoms with Crippen LogP contribution < -0.4 is 18.9 Å². The van der Waals surface area contributed by atoms with Crippen molar-refractivity contribution in [1.29, 1.82) is 0 Å². The molecule has 0 aromatic heterocycles. The van der Waals surface area contributed by atoms with Crippen LogP contribution in [-0.2, 0) is 10.8 Å². The van der Waals surface area contributed by atoms with Gasteiger partial charge in [0.25, 0.3) is 0 Å².